The van der Waals surface area contributed by atoms with E-state index in [9.17, 15) is 19.2 Å². The Hall–Kier alpha value is -3.88. The lowest BCUT2D eigenvalue weighted by atomic mass is 10.1. The zero-order valence-corrected chi connectivity index (χ0v) is 15.9. The summed E-state index contributed by atoms with van der Waals surface area (Å²) < 4.78 is 10.3. The van der Waals surface area contributed by atoms with E-state index in [1.807, 2.05) is 0 Å². The van der Waals surface area contributed by atoms with Crippen LogP contribution in [0.25, 0.3) is 0 Å². The summed E-state index contributed by atoms with van der Waals surface area (Å²) in [7, 11) is 2.77. The second kappa shape index (κ2) is 10.5. The highest BCUT2D eigenvalue weighted by Gasteiger charge is 2.26. The molecule has 0 spiro atoms. The van der Waals surface area contributed by atoms with Gasteiger partial charge in [0.2, 0.25) is 6.10 Å². The van der Waals surface area contributed by atoms with Crippen LogP contribution >= 0.6 is 0 Å². The molecule has 29 heavy (non-hydrogen) atoms. The third-order valence-electron chi connectivity index (χ3n) is 3.80. The van der Waals surface area contributed by atoms with Gasteiger partial charge in [0.25, 0.3) is 11.8 Å². The number of amides is 4. The van der Waals surface area contributed by atoms with Gasteiger partial charge >= 0.3 is 12.0 Å². The lowest BCUT2D eigenvalue weighted by Gasteiger charge is -2.17. The van der Waals surface area contributed by atoms with Crippen molar-refractivity contribution in [2.24, 2.45) is 0 Å². The van der Waals surface area contributed by atoms with E-state index < -0.39 is 36.5 Å². The minimum absolute atomic E-state index is 0.250. The second-order valence-electron chi connectivity index (χ2n) is 5.73. The average Bonchev–Trinajstić information content (AvgIpc) is 2.76. The van der Waals surface area contributed by atoms with Gasteiger partial charge in [0.05, 0.1) is 12.7 Å². The first-order chi connectivity index (χ1) is 14.0. The molecular formula is C20H21N3O6. The van der Waals surface area contributed by atoms with E-state index in [0.717, 1.165) is 0 Å². The van der Waals surface area contributed by atoms with Crippen molar-refractivity contribution in [2.75, 3.05) is 20.7 Å². The summed E-state index contributed by atoms with van der Waals surface area (Å²) in [6, 6.07) is 14.0. The molecule has 0 aliphatic carbocycles. The zero-order valence-electron chi connectivity index (χ0n) is 15.9. The average molecular weight is 399 g/mol. The lowest BCUT2D eigenvalue weighted by Crippen LogP contribution is -2.42. The smallest absolute Gasteiger partial charge is 0.326 e. The highest BCUT2D eigenvalue weighted by molar-refractivity contribution is 5.99. The molecule has 2 rings (SSSR count). The molecule has 0 saturated carbocycles. The highest BCUT2D eigenvalue weighted by Crippen LogP contribution is 2.18. The first-order valence-electron chi connectivity index (χ1n) is 8.64. The van der Waals surface area contributed by atoms with E-state index >= 15 is 0 Å². The Morgan fingerprint density at radius 1 is 0.966 bits per heavy atom. The molecule has 3 N–H and O–H groups in total. The maximum atomic E-state index is 12.3. The standard InChI is InChI=1S/C20H21N3O6/c1-21-20(27)23-19(26)17(13-8-4-3-5-9-13)29-16(24)12-22-18(25)14-10-6-7-11-15(14)28-2/h3-11,17H,12H2,1-2H3,(H,22,25)(H2,21,23,26,27). The van der Waals surface area contributed by atoms with Gasteiger partial charge in [-0.15, -0.1) is 0 Å². The fraction of sp³-hybridized carbons (Fsp3) is 0.200. The first kappa shape index (κ1) is 21.4. The number of rotatable bonds is 7. The fourth-order valence-electron chi connectivity index (χ4n) is 2.39. The van der Waals surface area contributed by atoms with Gasteiger partial charge in [-0.2, -0.15) is 0 Å². The molecule has 0 radical (unpaired) electrons. The molecule has 152 valence electrons. The Kier molecular flexibility index (Phi) is 7.72. The number of methoxy groups -OCH3 is 1. The van der Waals surface area contributed by atoms with E-state index in [2.05, 4.69) is 16.0 Å². The van der Waals surface area contributed by atoms with E-state index in [1.165, 1.54) is 14.2 Å². The zero-order chi connectivity index (χ0) is 21.2. The van der Waals surface area contributed by atoms with Crippen LogP contribution in [0.1, 0.15) is 22.0 Å². The maximum absolute atomic E-state index is 12.3. The van der Waals surface area contributed by atoms with Crippen LogP contribution in [0, 0.1) is 0 Å². The number of hydrogen-bond acceptors (Lipinski definition) is 6. The molecule has 4 amide bonds. The van der Waals surface area contributed by atoms with Crippen molar-refractivity contribution >= 4 is 23.8 Å². The van der Waals surface area contributed by atoms with Crippen LogP contribution in [-0.2, 0) is 14.3 Å². The molecule has 0 aromatic heterocycles. The molecule has 0 aliphatic rings. The van der Waals surface area contributed by atoms with Gasteiger partial charge in [-0.05, 0) is 12.1 Å². The van der Waals surface area contributed by atoms with Crippen molar-refractivity contribution in [3.63, 3.8) is 0 Å². The summed E-state index contributed by atoms with van der Waals surface area (Å²) in [5.41, 5.74) is 0.623. The van der Waals surface area contributed by atoms with Gasteiger partial charge in [0.1, 0.15) is 12.3 Å². The molecular weight excluding hydrogens is 378 g/mol. The van der Waals surface area contributed by atoms with Crippen LogP contribution in [0.15, 0.2) is 54.6 Å². The SMILES string of the molecule is CNC(=O)NC(=O)C(OC(=O)CNC(=O)c1ccccc1OC)c1ccccc1. The molecule has 2 aromatic carbocycles. The number of nitrogens with one attached hydrogen (secondary N) is 3. The summed E-state index contributed by atoms with van der Waals surface area (Å²) in [5.74, 6) is -1.86. The Bertz CT molecular complexity index is 885. The Morgan fingerprint density at radius 2 is 1.62 bits per heavy atom. The van der Waals surface area contributed by atoms with Gasteiger partial charge in [-0.25, -0.2) is 4.79 Å². The number of para-hydroxylation sites is 1. The van der Waals surface area contributed by atoms with Crippen LogP contribution in [0.5, 0.6) is 5.75 Å². The van der Waals surface area contributed by atoms with Crippen LogP contribution < -0.4 is 20.7 Å². The molecule has 0 saturated heterocycles. The van der Waals surface area contributed by atoms with Crippen LogP contribution in [0.2, 0.25) is 0 Å². The molecule has 1 atom stereocenters. The number of benzene rings is 2. The highest BCUT2D eigenvalue weighted by atomic mass is 16.5. The predicted octanol–water partition coefficient (Wildman–Crippen LogP) is 1.17. The third-order valence-corrected chi connectivity index (χ3v) is 3.80. The summed E-state index contributed by atoms with van der Waals surface area (Å²) in [6.45, 7) is -0.479. The number of carbonyl (C=O) groups is 4. The van der Waals surface area contributed by atoms with Gasteiger partial charge in [0, 0.05) is 12.6 Å². The van der Waals surface area contributed by atoms with Gasteiger partial charge in [-0.1, -0.05) is 42.5 Å². The topological polar surface area (TPSA) is 123 Å². The number of carbonyl (C=O) groups excluding carboxylic acids is 4. The summed E-state index contributed by atoms with van der Waals surface area (Å²) in [6.07, 6.45) is -1.36. The Balaban J connectivity index is 2.05. The molecule has 0 heterocycles. The quantitative estimate of drug-likeness (QED) is 0.601. The first-order valence-corrected chi connectivity index (χ1v) is 8.64. The summed E-state index contributed by atoms with van der Waals surface area (Å²) in [4.78, 5) is 48.3. The predicted molar refractivity (Wildman–Crippen MR) is 103 cm³/mol. The molecule has 1 unspecified atom stereocenters. The minimum atomic E-state index is -1.36. The number of urea groups is 1. The van der Waals surface area contributed by atoms with E-state index in [-0.39, 0.29) is 5.56 Å². The lowest BCUT2D eigenvalue weighted by molar-refractivity contribution is -0.155. The van der Waals surface area contributed by atoms with Gasteiger partial charge in [0.15, 0.2) is 0 Å². The van der Waals surface area contributed by atoms with Crippen molar-refractivity contribution in [3.05, 3.63) is 65.7 Å². The number of hydrogen-bond donors (Lipinski definition) is 3. The van der Waals surface area contributed by atoms with Crippen molar-refractivity contribution in [1.82, 2.24) is 16.0 Å². The molecule has 2 aromatic rings. The monoisotopic (exact) mass is 399 g/mol. The fourth-order valence-corrected chi connectivity index (χ4v) is 2.39. The van der Waals surface area contributed by atoms with Crippen molar-refractivity contribution < 1.29 is 28.7 Å². The second-order valence-corrected chi connectivity index (χ2v) is 5.73. The van der Waals surface area contributed by atoms with E-state index in [4.69, 9.17) is 9.47 Å². The van der Waals surface area contributed by atoms with Crippen molar-refractivity contribution in [2.45, 2.75) is 6.10 Å². The normalized spacial score (nSPS) is 11.0. The van der Waals surface area contributed by atoms with Crippen LogP contribution in [0.4, 0.5) is 4.79 Å². The van der Waals surface area contributed by atoms with Crippen LogP contribution in [-0.4, -0.2) is 44.5 Å². The van der Waals surface area contributed by atoms with Gasteiger partial charge < -0.3 is 20.1 Å². The van der Waals surface area contributed by atoms with E-state index in [1.54, 1.807) is 54.6 Å². The molecule has 0 fully saturated rings. The Labute approximate surface area is 167 Å². The third kappa shape index (κ3) is 6.06. The molecule has 0 aliphatic heterocycles. The Morgan fingerprint density at radius 3 is 2.28 bits per heavy atom. The van der Waals surface area contributed by atoms with E-state index in [0.29, 0.717) is 11.3 Å². The van der Waals surface area contributed by atoms with Crippen molar-refractivity contribution in [3.8, 4) is 5.75 Å². The number of esters is 1. The van der Waals surface area contributed by atoms with Gasteiger partial charge in [-0.3, -0.25) is 19.7 Å². The number of ether oxygens (including phenoxy) is 2. The van der Waals surface area contributed by atoms with Crippen LogP contribution in [0.3, 0.4) is 0 Å². The minimum Gasteiger partial charge on any atom is -0.496 e. The molecule has 9 nitrogen and oxygen atoms in total. The summed E-state index contributed by atoms with van der Waals surface area (Å²) in [5, 5.41) is 6.73. The number of imide groups is 1. The summed E-state index contributed by atoms with van der Waals surface area (Å²) >= 11 is 0. The van der Waals surface area contributed by atoms with Crippen molar-refractivity contribution in [1.29, 1.82) is 0 Å². The molecule has 0 bridgehead atoms. The molecule has 9 heteroatoms. The maximum Gasteiger partial charge on any atom is 0.326 e. The largest absolute Gasteiger partial charge is 0.496 e.